The summed E-state index contributed by atoms with van der Waals surface area (Å²) in [5.41, 5.74) is 0. The Morgan fingerprint density at radius 1 is 0.867 bits per heavy atom. The first-order chi connectivity index (χ1) is 7.27. The maximum absolute atomic E-state index is 10.1. The molecule has 2 heteroatoms. The molecular formula is C13H19ClO. The van der Waals surface area contributed by atoms with Crippen LogP contribution in [0.2, 0.25) is 0 Å². The molecule has 0 aliphatic heterocycles. The molecule has 0 saturated heterocycles. The molecule has 0 radical (unpaired) electrons. The molecule has 84 valence electrons. The normalized spacial score (nSPS) is 66.0. The minimum absolute atomic E-state index is 0.0426. The van der Waals surface area contributed by atoms with Gasteiger partial charge >= 0.3 is 0 Å². The summed E-state index contributed by atoms with van der Waals surface area (Å²) in [7, 11) is 0. The Hall–Kier alpha value is 0.250. The second-order valence-electron chi connectivity index (χ2n) is 6.30. The Labute approximate surface area is 96.2 Å². The SMILES string of the molecule is OC1C2CCC3C4CC(CCC4Cl)C2C13. The standard InChI is InChI=1S/C13H19ClO/c14-10-4-1-6-5-9(10)7-2-3-8-11(6)12(7)13(8)15/h6-13,15H,1-5H2. The second kappa shape index (κ2) is 2.92. The van der Waals surface area contributed by atoms with Crippen LogP contribution in [-0.4, -0.2) is 16.6 Å². The van der Waals surface area contributed by atoms with Crippen molar-refractivity contribution >= 4 is 11.6 Å². The van der Waals surface area contributed by atoms with Crippen molar-refractivity contribution in [2.24, 2.45) is 35.5 Å². The van der Waals surface area contributed by atoms with Gasteiger partial charge in [-0.1, -0.05) is 0 Å². The third-order valence-corrected chi connectivity index (χ3v) is 6.59. The van der Waals surface area contributed by atoms with Crippen LogP contribution in [-0.2, 0) is 0 Å². The largest absolute Gasteiger partial charge is 0.393 e. The highest BCUT2D eigenvalue weighted by atomic mass is 35.5. The molecule has 0 heterocycles. The predicted molar refractivity (Wildman–Crippen MR) is 59.7 cm³/mol. The highest BCUT2D eigenvalue weighted by Crippen LogP contribution is 2.66. The Morgan fingerprint density at radius 2 is 1.67 bits per heavy atom. The van der Waals surface area contributed by atoms with Gasteiger partial charge in [-0.15, -0.1) is 11.6 Å². The molecular weight excluding hydrogens is 208 g/mol. The van der Waals surface area contributed by atoms with Crippen molar-refractivity contribution in [3.05, 3.63) is 0 Å². The van der Waals surface area contributed by atoms with Crippen LogP contribution >= 0.6 is 11.6 Å². The van der Waals surface area contributed by atoms with E-state index in [-0.39, 0.29) is 6.10 Å². The van der Waals surface area contributed by atoms with Crippen LogP contribution in [0.1, 0.15) is 32.1 Å². The van der Waals surface area contributed by atoms with E-state index in [9.17, 15) is 5.11 Å². The monoisotopic (exact) mass is 226 g/mol. The van der Waals surface area contributed by atoms with Gasteiger partial charge in [0.2, 0.25) is 0 Å². The molecule has 4 aliphatic carbocycles. The summed E-state index contributed by atoms with van der Waals surface area (Å²) in [6.07, 6.45) is 6.62. The van der Waals surface area contributed by atoms with Crippen LogP contribution < -0.4 is 0 Å². The number of fused-ring (bicyclic) bond motifs is 6. The Kier molecular flexibility index (Phi) is 1.81. The van der Waals surface area contributed by atoms with Gasteiger partial charge in [0.15, 0.2) is 0 Å². The van der Waals surface area contributed by atoms with Gasteiger partial charge in [-0.05, 0) is 67.6 Å². The van der Waals surface area contributed by atoms with E-state index in [0.717, 1.165) is 23.7 Å². The van der Waals surface area contributed by atoms with Gasteiger partial charge in [-0.3, -0.25) is 0 Å². The molecule has 4 bridgehead atoms. The van der Waals surface area contributed by atoms with Gasteiger partial charge in [-0.25, -0.2) is 0 Å². The lowest BCUT2D eigenvalue weighted by Gasteiger charge is -2.67. The van der Waals surface area contributed by atoms with Gasteiger partial charge < -0.3 is 5.11 Å². The van der Waals surface area contributed by atoms with Crippen molar-refractivity contribution in [2.45, 2.75) is 43.6 Å². The summed E-state index contributed by atoms with van der Waals surface area (Å²) in [5.74, 6) is 4.63. The van der Waals surface area contributed by atoms with Crippen LogP contribution in [0.3, 0.4) is 0 Å². The van der Waals surface area contributed by atoms with E-state index < -0.39 is 0 Å². The Bertz CT molecular complexity index is 286. The first-order valence-corrected chi connectivity index (χ1v) is 7.03. The van der Waals surface area contributed by atoms with Crippen molar-refractivity contribution in [1.82, 2.24) is 0 Å². The number of halogens is 1. The molecule has 0 aromatic carbocycles. The lowest BCUT2D eigenvalue weighted by atomic mass is 9.40. The molecule has 1 nitrogen and oxygen atoms in total. The van der Waals surface area contributed by atoms with E-state index in [1.165, 1.54) is 32.1 Å². The minimum Gasteiger partial charge on any atom is -0.393 e. The maximum atomic E-state index is 10.1. The molecule has 0 spiro atoms. The highest BCUT2D eigenvalue weighted by molar-refractivity contribution is 6.20. The van der Waals surface area contributed by atoms with Crippen molar-refractivity contribution in [1.29, 1.82) is 0 Å². The maximum Gasteiger partial charge on any atom is 0.0605 e. The van der Waals surface area contributed by atoms with Gasteiger partial charge in [-0.2, -0.15) is 0 Å². The summed E-state index contributed by atoms with van der Waals surface area (Å²) in [5, 5.41) is 10.5. The minimum atomic E-state index is 0.0426. The van der Waals surface area contributed by atoms with Gasteiger partial charge in [0.05, 0.1) is 6.10 Å². The zero-order chi connectivity index (χ0) is 10.2. The smallest absolute Gasteiger partial charge is 0.0605 e. The molecule has 0 amide bonds. The van der Waals surface area contributed by atoms with Crippen LogP contribution in [0, 0.1) is 35.5 Å². The molecule has 4 aliphatic rings. The Balaban J connectivity index is 1.71. The zero-order valence-corrected chi connectivity index (χ0v) is 9.74. The molecule has 4 saturated carbocycles. The number of aliphatic hydroxyl groups excluding tert-OH is 1. The molecule has 0 aromatic rings. The predicted octanol–water partition coefficient (Wildman–Crippen LogP) is 2.66. The van der Waals surface area contributed by atoms with Crippen LogP contribution in [0.25, 0.3) is 0 Å². The average molecular weight is 227 g/mol. The fourth-order valence-corrected chi connectivity index (χ4v) is 5.93. The summed E-state index contributed by atoms with van der Waals surface area (Å²) in [6, 6.07) is 0. The molecule has 4 fully saturated rings. The number of hydrogen-bond donors (Lipinski definition) is 1. The van der Waals surface area contributed by atoms with E-state index in [2.05, 4.69) is 0 Å². The van der Waals surface area contributed by atoms with E-state index in [0.29, 0.717) is 17.2 Å². The van der Waals surface area contributed by atoms with Crippen LogP contribution in [0.4, 0.5) is 0 Å². The first kappa shape index (κ1) is 9.30. The van der Waals surface area contributed by atoms with E-state index >= 15 is 0 Å². The van der Waals surface area contributed by atoms with Crippen molar-refractivity contribution in [3.8, 4) is 0 Å². The van der Waals surface area contributed by atoms with E-state index in [4.69, 9.17) is 11.6 Å². The van der Waals surface area contributed by atoms with E-state index in [1.807, 2.05) is 0 Å². The summed E-state index contributed by atoms with van der Waals surface area (Å²) >= 11 is 6.48. The number of rotatable bonds is 0. The fourth-order valence-electron chi connectivity index (χ4n) is 5.52. The third kappa shape index (κ3) is 1.000. The van der Waals surface area contributed by atoms with Gasteiger partial charge in [0.1, 0.15) is 0 Å². The van der Waals surface area contributed by atoms with Crippen molar-refractivity contribution in [2.75, 3.05) is 0 Å². The highest BCUT2D eigenvalue weighted by Gasteiger charge is 2.63. The molecule has 8 atom stereocenters. The molecule has 4 rings (SSSR count). The summed E-state index contributed by atoms with van der Waals surface area (Å²) in [4.78, 5) is 0. The molecule has 0 aromatic heterocycles. The number of alkyl halides is 1. The second-order valence-corrected chi connectivity index (χ2v) is 6.86. The molecule has 1 N–H and O–H groups in total. The van der Waals surface area contributed by atoms with Crippen molar-refractivity contribution in [3.63, 3.8) is 0 Å². The quantitative estimate of drug-likeness (QED) is 0.630. The van der Waals surface area contributed by atoms with Crippen LogP contribution in [0.5, 0.6) is 0 Å². The third-order valence-electron chi connectivity index (χ3n) is 6.05. The van der Waals surface area contributed by atoms with Crippen molar-refractivity contribution < 1.29 is 5.11 Å². The van der Waals surface area contributed by atoms with Crippen LogP contribution in [0.15, 0.2) is 0 Å². The lowest BCUT2D eigenvalue weighted by Crippen LogP contribution is -2.66. The summed E-state index contributed by atoms with van der Waals surface area (Å²) < 4.78 is 0. The summed E-state index contributed by atoms with van der Waals surface area (Å²) in [6.45, 7) is 0. The topological polar surface area (TPSA) is 20.2 Å². The zero-order valence-electron chi connectivity index (χ0n) is 8.98. The van der Waals surface area contributed by atoms with Gasteiger partial charge in [0.25, 0.3) is 0 Å². The van der Waals surface area contributed by atoms with E-state index in [1.54, 1.807) is 0 Å². The average Bonchev–Trinajstić information content (AvgIpc) is 2.27. The van der Waals surface area contributed by atoms with Gasteiger partial charge in [0, 0.05) is 5.38 Å². The molecule has 8 unspecified atom stereocenters. The number of hydrogen-bond acceptors (Lipinski definition) is 1. The molecule has 15 heavy (non-hydrogen) atoms. The Morgan fingerprint density at radius 3 is 2.47 bits per heavy atom. The number of aliphatic hydroxyl groups is 1. The lowest BCUT2D eigenvalue weighted by molar-refractivity contribution is -0.226. The first-order valence-electron chi connectivity index (χ1n) is 6.59. The fraction of sp³-hybridized carbons (Fsp3) is 1.00.